The Labute approximate surface area is 160 Å². The van der Waals surface area contributed by atoms with Crippen LogP contribution in [0.4, 0.5) is 0 Å². The fraction of sp³-hybridized carbons (Fsp3) is 0.421. The Kier molecular flexibility index (Phi) is 5.62. The van der Waals surface area contributed by atoms with E-state index >= 15 is 0 Å². The lowest BCUT2D eigenvalue weighted by Gasteiger charge is -2.28. The molecule has 0 saturated heterocycles. The molecule has 1 atom stereocenters. The molecule has 1 amide bonds. The van der Waals surface area contributed by atoms with E-state index in [-0.39, 0.29) is 11.3 Å². The average molecular weight is 455 g/mol. The van der Waals surface area contributed by atoms with E-state index in [0.29, 0.717) is 6.54 Å². The third kappa shape index (κ3) is 3.68. The number of halogens is 1. The molecule has 0 radical (unpaired) electrons. The minimum Gasteiger partial charge on any atom is -0.388 e. The van der Waals surface area contributed by atoms with Crippen LogP contribution in [-0.2, 0) is 5.41 Å². The number of hydrogen-bond acceptors (Lipinski definition) is 3. The normalized spacial score (nSPS) is 17.6. The molecular weight excluding hydrogens is 433 g/mol. The smallest absolute Gasteiger partial charge is 0.252 e. The van der Waals surface area contributed by atoms with Crippen molar-refractivity contribution in [2.24, 2.45) is 0 Å². The molecular formula is C19H22INO2S. The Bertz CT molecular complexity index is 720. The molecule has 1 aromatic carbocycles. The van der Waals surface area contributed by atoms with Crippen LogP contribution >= 0.6 is 33.9 Å². The lowest BCUT2D eigenvalue weighted by Crippen LogP contribution is -2.38. The molecule has 1 fully saturated rings. The highest BCUT2D eigenvalue weighted by molar-refractivity contribution is 14.1. The maximum absolute atomic E-state index is 12.6. The minimum absolute atomic E-state index is 0.00131. The number of aliphatic hydroxyl groups excluding tert-OH is 1. The van der Waals surface area contributed by atoms with E-state index in [9.17, 15) is 9.90 Å². The maximum Gasteiger partial charge on any atom is 0.252 e. The SMILES string of the molecule is CC(O)c1ccc(C2(CNC(=O)c3ccccc3I)CCCC2)s1. The van der Waals surface area contributed by atoms with Crippen LogP contribution in [0.3, 0.4) is 0 Å². The third-order valence-electron chi connectivity index (χ3n) is 4.83. The summed E-state index contributed by atoms with van der Waals surface area (Å²) in [5, 5.41) is 13.0. The number of aliphatic hydroxyl groups is 1. The summed E-state index contributed by atoms with van der Waals surface area (Å²) in [6.45, 7) is 2.46. The fourth-order valence-electron chi connectivity index (χ4n) is 3.41. The number of nitrogens with one attached hydrogen (secondary N) is 1. The summed E-state index contributed by atoms with van der Waals surface area (Å²) in [7, 11) is 0. The van der Waals surface area contributed by atoms with Gasteiger partial charge in [0, 0.05) is 25.3 Å². The van der Waals surface area contributed by atoms with Crippen molar-refractivity contribution in [3.05, 3.63) is 55.3 Å². The van der Waals surface area contributed by atoms with Gasteiger partial charge in [0.1, 0.15) is 0 Å². The van der Waals surface area contributed by atoms with Gasteiger partial charge in [0.2, 0.25) is 0 Å². The monoisotopic (exact) mass is 455 g/mol. The second-order valence-corrected chi connectivity index (χ2v) is 8.81. The van der Waals surface area contributed by atoms with Gasteiger partial charge in [0.05, 0.1) is 11.7 Å². The summed E-state index contributed by atoms with van der Waals surface area (Å²) in [5.41, 5.74) is 0.760. The van der Waals surface area contributed by atoms with Gasteiger partial charge in [-0.1, -0.05) is 25.0 Å². The molecule has 1 aliphatic carbocycles. The topological polar surface area (TPSA) is 49.3 Å². The first-order chi connectivity index (χ1) is 11.5. The van der Waals surface area contributed by atoms with Crippen molar-refractivity contribution in [1.29, 1.82) is 0 Å². The summed E-state index contributed by atoms with van der Waals surface area (Å²) in [4.78, 5) is 14.8. The van der Waals surface area contributed by atoms with Crippen molar-refractivity contribution < 1.29 is 9.90 Å². The van der Waals surface area contributed by atoms with Gasteiger partial charge in [-0.15, -0.1) is 11.3 Å². The van der Waals surface area contributed by atoms with Crippen LogP contribution in [0.15, 0.2) is 36.4 Å². The summed E-state index contributed by atoms with van der Waals surface area (Å²) in [5.74, 6) is -0.00131. The van der Waals surface area contributed by atoms with E-state index in [1.807, 2.05) is 30.3 Å². The molecule has 0 aliphatic heterocycles. The molecule has 1 aromatic heterocycles. The molecule has 1 unspecified atom stereocenters. The Morgan fingerprint density at radius 2 is 2.00 bits per heavy atom. The Hall–Kier alpha value is -0.920. The standard InChI is InChI=1S/C19H22INO2S/c1-13(22)16-8-9-17(24-16)19(10-4-5-11-19)12-21-18(23)14-6-2-3-7-15(14)20/h2-3,6-9,13,22H,4-5,10-12H2,1H3,(H,21,23). The van der Waals surface area contributed by atoms with E-state index in [0.717, 1.165) is 26.9 Å². The quantitative estimate of drug-likeness (QED) is 0.646. The molecule has 2 N–H and O–H groups in total. The van der Waals surface area contributed by atoms with Gasteiger partial charge in [0.25, 0.3) is 5.91 Å². The molecule has 2 aromatic rings. The zero-order valence-electron chi connectivity index (χ0n) is 13.7. The summed E-state index contributed by atoms with van der Waals surface area (Å²) < 4.78 is 0.973. The highest BCUT2D eigenvalue weighted by atomic mass is 127. The van der Waals surface area contributed by atoms with Crippen LogP contribution in [-0.4, -0.2) is 17.6 Å². The van der Waals surface area contributed by atoms with Gasteiger partial charge >= 0.3 is 0 Å². The van der Waals surface area contributed by atoms with E-state index in [2.05, 4.69) is 34.0 Å². The number of rotatable bonds is 5. The molecule has 1 heterocycles. The molecule has 3 nitrogen and oxygen atoms in total. The highest BCUT2D eigenvalue weighted by Gasteiger charge is 2.37. The molecule has 1 aliphatic rings. The number of carbonyl (C=O) groups is 1. The van der Waals surface area contributed by atoms with E-state index in [1.54, 1.807) is 18.3 Å². The number of benzene rings is 1. The number of hydrogen-bond donors (Lipinski definition) is 2. The first-order valence-corrected chi connectivity index (χ1v) is 10.2. The summed E-state index contributed by atoms with van der Waals surface area (Å²) >= 11 is 3.89. The highest BCUT2D eigenvalue weighted by Crippen LogP contribution is 2.44. The Balaban J connectivity index is 1.77. The minimum atomic E-state index is -0.428. The summed E-state index contributed by atoms with van der Waals surface area (Å²) in [6, 6.07) is 11.8. The molecule has 5 heteroatoms. The molecule has 1 saturated carbocycles. The first kappa shape index (κ1) is 17.9. The number of thiophene rings is 1. The van der Waals surface area contributed by atoms with Gasteiger partial charge in [-0.2, -0.15) is 0 Å². The van der Waals surface area contributed by atoms with Crippen LogP contribution in [0.2, 0.25) is 0 Å². The van der Waals surface area contributed by atoms with Crippen LogP contribution in [0.25, 0.3) is 0 Å². The molecule has 24 heavy (non-hydrogen) atoms. The lowest BCUT2D eigenvalue weighted by molar-refractivity contribution is 0.0942. The van der Waals surface area contributed by atoms with Crippen molar-refractivity contribution in [2.75, 3.05) is 6.54 Å². The van der Waals surface area contributed by atoms with Crippen LogP contribution < -0.4 is 5.32 Å². The summed E-state index contributed by atoms with van der Waals surface area (Å²) in [6.07, 6.45) is 4.15. The molecule has 3 rings (SSSR count). The second kappa shape index (κ2) is 7.54. The zero-order valence-corrected chi connectivity index (χ0v) is 16.7. The average Bonchev–Trinajstić information content (AvgIpc) is 3.23. The number of carbonyl (C=O) groups excluding carboxylic acids is 1. The van der Waals surface area contributed by atoms with Crippen molar-refractivity contribution >= 4 is 39.8 Å². The maximum atomic E-state index is 12.6. The molecule has 0 spiro atoms. The fourth-order valence-corrected chi connectivity index (χ4v) is 5.24. The van der Waals surface area contributed by atoms with Gasteiger partial charge in [-0.05, 0) is 66.6 Å². The molecule has 128 valence electrons. The van der Waals surface area contributed by atoms with Gasteiger partial charge < -0.3 is 10.4 Å². The molecule has 0 bridgehead atoms. The van der Waals surface area contributed by atoms with Gasteiger partial charge in [-0.25, -0.2) is 0 Å². The van der Waals surface area contributed by atoms with Crippen LogP contribution in [0.5, 0.6) is 0 Å². The lowest BCUT2D eigenvalue weighted by atomic mass is 9.84. The van der Waals surface area contributed by atoms with Gasteiger partial charge in [-0.3, -0.25) is 4.79 Å². The van der Waals surface area contributed by atoms with Gasteiger partial charge in [0.15, 0.2) is 0 Å². The van der Waals surface area contributed by atoms with Crippen molar-refractivity contribution in [2.45, 2.75) is 44.1 Å². The largest absolute Gasteiger partial charge is 0.388 e. The van der Waals surface area contributed by atoms with E-state index < -0.39 is 6.10 Å². The third-order valence-corrected chi connectivity index (χ3v) is 7.27. The number of amides is 1. The van der Waals surface area contributed by atoms with Crippen molar-refractivity contribution in [1.82, 2.24) is 5.32 Å². The Morgan fingerprint density at radius 3 is 2.62 bits per heavy atom. The predicted molar refractivity (Wildman–Crippen MR) is 107 cm³/mol. The Morgan fingerprint density at radius 1 is 1.29 bits per heavy atom. The first-order valence-electron chi connectivity index (χ1n) is 8.33. The zero-order chi connectivity index (χ0) is 17.2. The van der Waals surface area contributed by atoms with Crippen LogP contribution in [0, 0.1) is 3.57 Å². The predicted octanol–water partition coefficient (Wildman–Crippen LogP) is 4.65. The van der Waals surface area contributed by atoms with Crippen molar-refractivity contribution in [3.8, 4) is 0 Å². The van der Waals surface area contributed by atoms with E-state index in [1.165, 1.54) is 17.7 Å². The van der Waals surface area contributed by atoms with E-state index in [4.69, 9.17) is 0 Å². The second-order valence-electron chi connectivity index (χ2n) is 6.53. The van der Waals surface area contributed by atoms with Crippen molar-refractivity contribution in [3.63, 3.8) is 0 Å². The van der Waals surface area contributed by atoms with Crippen LogP contribution in [0.1, 0.15) is 58.8 Å².